The van der Waals surface area contributed by atoms with Crippen LogP contribution in [0, 0.1) is 0 Å². The average Bonchev–Trinajstić information content (AvgIpc) is 3.35. The Labute approximate surface area is 202 Å². The van der Waals surface area contributed by atoms with E-state index < -0.39 is 6.04 Å². The van der Waals surface area contributed by atoms with Gasteiger partial charge in [-0.05, 0) is 36.6 Å². The third-order valence-corrected chi connectivity index (χ3v) is 6.21. The maximum absolute atomic E-state index is 13.2. The molecule has 4 aromatic rings. The lowest BCUT2D eigenvalue weighted by molar-refractivity contribution is 0.205. The first-order valence-corrected chi connectivity index (χ1v) is 11.5. The van der Waals surface area contributed by atoms with Gasteiger partial charge in [-0.3, -0.25) is 4.90 Å². The lowest BCUT2D eigenvalue weighted by Gasteiger charge is -2.35. The van der Waals surface area contributed by atoms with Gasteiger partial charge in [-0.15, -0.1) is 0 Å². The largest absolute Gasteiger partial charge is 0.334 e. The summed E-state index contributed by atoms with van der Waals surface area (Å²) in [7, 11) is 0. The van der Waals surface area contributed by atoms with Crippen LogP contribution in [0.2, 0.25) is 5.02 Å². The van der Waals surface area contributed by atoms with Gasteiger partial charge in [0.15, 0.2) is 0 Å². The van der Waals surface area contributed by atoms with Gasteiger partial charge in [0.1, 0.15) is 0 Å². The van der Waals surface area contributed by atoms with Crippen molar-refractivity contribution in [1.29, 1.82) is 0 Å². The molecule has 34 heavy (non-hydrogen) atoms. The highest BCUT2D eigenvalue weighted by atomic mass is 35.5. The molecule has 0 aliphatic carbocycles. The summed E-state index contributed by atoms with van der Waals surface area (Å²) in [6.45, 7) is 2.45. The highest BCUT2D eigenvalue weighted by molar-refractivity contribution is 6.30. The minimum absolute atomic E-state index is 0.167. The van der Waals surface area contributed by atoms with E-state index >= 15 is 0 Å². The topological polar surface area (TPSA) is 71.3 Å². The molecule has 6 nitrogen and oxygen atoms in total. The first kappa shape index (κ1) is 21.9. The van der Waals surface area contributed by atoms with E-state index in [1.165, 1.54) is 0 Å². The van der Waals surface area contributed by atoms with Crippen LogP contribution in [0.15, 0.2) is 95.1 Å². The fourth-order valence-electron chi connectivity index (χ4n) is 4.16. The molecule has 0 spiro atoms. The van der Waals surface area contributed by atoms with Crippen LogP contribution in [0.3, 0.4) is 0 Å². The van der Waals surface area contributed by atoms with Crippen molar-refractivity contribution in [3.8, 4) is 11.4 Å². The van der Waals surface area contributed by atoms with E-state index in [1.54, 1.807) is 17.0 Å². The number of nitrogens with one attached hydrogen (secondary N) is 1. The molecule has 2 heterocycles. The lowest BCUT2D eigenvalue weighted by atomic mass is 9.94. The van der Waals surface area contributed by atoms with Gasteiger partial charge in [0.25, 0.3) is 5.89 Å². The van der Waals surface area contributed by atoms with Gasteiger partial charge in [-0.25, -0.2) is 4.79 Å². The minimum atomic E-state index is -0.443. The quantitative estimate of drug-likeness (QED) is 0.368. The number of halogens is 1. The summed E-state index contributed by atoms with van der Waals surface area (Å²) in [5.74, 6) is 0.875. The number of hydrogen-bond donors (Lipinski definition) is 1. The summed E-state index contributed by atoms with van der Waals surface area (Å²) < 4.78 is 5.73. The van der Waals surface area contributed by atoms with E-state index in [0.29, 0.717) is 23.3 Å². The minimum Gasteiger partial charge on any atom is -0.334 e. The fourth-order valence-corrected chi connectivity index (χ4v) is 4.28. The number of allylic oxidation sites excluding steroid dienone is 1. The Bertz CT molecular complexity index is 1320. The first-order chi connectivity index (χ1) is 16.6. The second-order valence-electron chi connectivity index (χ2n) is 8.11. The number of carbonyl (C=O) groups excluding carboxylic acids is 1. The number of hydrogen-bond acceptors (Lipinski definition) is 4. The normalized spacial score (nSPS) is 16.0. The molecule has 5 rings (SSSR count). The SMILES string of the molecule is CC1=C(c2nc(-c3ccccc3)no2)C(c2ccc(Cl)cc2)NC(=O)N1CCc1ccccc1. The van der Waals surface area contributed by atoms with Crippen molar-refractivity contribution in [3.63, 3.8) is 0 Å². The van der Waals surface area contributed by atoms with E-state index in [1.807, 2.05) is 67.6 Å². The predicted octanol–water partition coefficient (Wildman–Crippen LogP) is 6.13. The number of urea groups is 1. The maximum Gasteiger partial charge on any atom is 0.322 e. The standard InChI is InChI=1S/C27H23ClN4O2/c1-18-23(26-30-25(31-34-26)21-10-6-3-7-11-21)24(20-12-14-22(28)15-13-20)29-27(33)32(18)17-16-19-8-4-2-5-9-19/h2-15,24H,16-17H2,1H3,(H,29,33). The van der Waals surface area contributed by atoms with Crippen molar-refractivity contribution >= 4 is 23.2 Å². The fraction of sp³-hybridized carbons (Fsp3) is 0.148. The van der Waals surface area contributed by atoms with Gasteiger partial charge in [0.2, 0.25) is 5.82 Å². The number of aromatic nitrogens is 2. The summed E-state index contributed by atoms with van der Waals surface area (Å²) in [6.07, 6.45) is 0.726. The summed E-state index contributed by atoms with van der Waals surface area (Å²) in [4.78, 5) is 19.6. The summed E-state index contributed by atoms with van der Waals surface area (Å²) in [6, 6.07) is 26.6. The number of amides is 2. The molecule has 1 atom stereocenters. The van der Waals surface area contributed by atoms with Crippen LogP contribution in [-0.4, -0.2) is 27.6 Å². The summed E-state index contributed by atoms with van der Waals surface area (Å²) >= 11 is 6.11. The number of nitrogens with zero attached hydrogens (tertiary/aromatic N) is 3. The molecule has 2 amide bonds. The van der Waals surface area contributed by atoms with Crippen LogP contribution in [0.5, 0.6) is 0 Å². The third kappa shape index (κ3) is 4.45. The Morgan fingerprint density at radius 3 is 2.35 bits per heavy atom. The predicted molar refractivity (Wildman–Crippen MR) is 132 cm³/mol. The molecule has 0 bridgehead atoms. The van der Waals surface area contributed by atoms with Crippen molar-refractivity contribution in [2.45, 2.75) is 19.4 Å². The van der Waals surface area contributed by atoms with Crippen molar-refractivity contribution < 1.29 is 9.32 Å². The van der Waals surface area contributed by atoms with Crippen LogP contribution >= 0.6 is 11.6 Å². The van der Waals surface area contributed by atoms with Gasteiger partial charge in [-0.2, -0.15) is 4.98 Å². The lowest BCUT2D eigenvalue weighted by Crippen LogP contribution is -2.46. The molecule has 0 saturated carbocycles. The number of benzene rings is 3. The Balaban J connectivity index is 1.54. The van der Waals surface area contributed by atoms with Crippen molar-refractivity contribution in [1.82, 2.24) is 20.4 Å². The van der Waals surface area contributed by atoms with E-state index in [2.05, 4.69) is 27.6 Å². The molecular weight excluding hydrogens is 448 g/mol. The molecule has 0 radical (unpaired) electrons. The van der Waals surface area contributed by atoms with Crippen molar-refractivity contribution in [2.24, 2.45) is 0 Å². The van der Waals surface area contributed by atoms with E-state index in [0.717, 1.165) is 34.4 Å². The molecule has 3 aromatic carbocycles. The van der Waals surface area contributed by atoms with Crippen LogP contribution in [0.1, 0.15) is 30.0 Å². The molecule has 0 fully saturated rings. The zero-order valence-electron chi connectivity index (χ0n) is 18.6. The first-order valence-electron chi connectivity index (χ1n) is 11.1. The average molecular weight is 471 g/mol. The molecule has 0 saturated heterocycles. The molecule has 1 unspecified atom stereocenters. The molecule has 1 aromatic heterocycles. The van der Waals surface area contributed by atoms with E-state index in [-0.39, 0.29) is 6.03 Å². The van der Waals surface area contributed by atoms with Crippen LogP contribution in [0.4, 0.5) is 4.79 Å². The van der Waals surface area contributed by atoms with E-state index in [4.69, 9.17) is 16.1 Å². The monoisotopic (exact) mass is 470 g/mol. The highest BCUT2D eigenvalue weighted by Crippen LogP contribution is 2.37. The molecule has 7 heteroatoms. The van der Waals surface area contributed by atoms with Crippen molar-refractivity contribution in [2.75, 3.05) is 6.54 Å². The van der Waals surface area contributed by atoms with Crippen LogP contribution in [-0.2, 0) is 6.42 Å². The number of rotatable bonds is 6. The molecule has 1 aliphatic rings. The zero-order chi connectivity index (χ0) is 23.5. The molecule has 170 valence electrons. The van der Waals surface area contributed by atoms with Gasteiger partial charge >= 0.3 is 6.03 Å². The van der Waals surface area contributed by atoms with Crippen LogP contribution < -0.4 is 5.32 Å². The van der Waals surface area contributed by atoms with Gasteiger partial charge < -0.3 is 9.84 Å². The Morgan fingerprint density at radius 1 is 0.971 bits per heavy atom. The van der Waals surface area contributed by atoms with Gasteiger partial charge in [0.05, 0.1) is 11.6 Å². The Kier molecular flexibility index (Phi) is 6.14. The third-order valence-electron chi connectivity index (χ3n) is 5.95. The molecule has 1 aliphatic heterocycles. The van der Waals surface area contributed by atoms with Crippen LogP contribution in [0.25, 0.3) is 17.0 Å². The zero-order valence-corrected chi connectivity index (χ0v) is 19.4. The highest BCUT2D eigenvalue weighted by Gasteiger charge is 2.35. The van der Waals surface area contributed by atoms with Gasteiger partial charge in [-0.1, -0.05) is 89.6 Å². The summed E-state index contributed by atoms with van der Waals surface area (Å²) in [5, 5.41) is 7.95. The van der Waals surface area contributed by atoms with Gasteiger partial charge in [0, 0.05) is 22.8 Å². The maximum atomic E-state index is 13.2. The second kappa shape index (κ2) is 9.53. The molecular formula is C27H23ClN4O2. The number of carbonyl (C=O) groups is 1. The second-order valence-corrected chi connectivity index (χ2v) is 8.55. The smallest absolute Gasteiger partial charge is 0.322 e. The van der Waals surface area contributed by atoms with Crippen molar-refractivity contribution in [3.05, 3.63) is 113 Å². The van der Waals surface area contributed by atoms with E-state index in [9.17, 15) is 4.79 Å². The summed E-state index contributed by atoms with van der Waals surface area (Å²) in [5.41, 5.74) is 4.45. The molecule has 1 N–H and O–H groups in total. The Hall–Kier alpha value is -3.90. The Morgan fingerprint density at radius 2 is 1.65 bits per heavy atom.